The maximum Gasteiger partial charge on any atom is 0.196 e. The average molecular weight is 608 g/mol. The lowest BCUT2D eigenvalue weighted by atomic mass is 9.88. The maximum atomic E-state index is 5.16. The van der Waals surface area contributed by atoms with E-state index in [4.69, 9.17) is 5.11 Å². The van der Waals surface area contributed by atoms with Crippen LogP contribution >= 0.6 is 0 Å². The van der Waals surface area contributed by atoms with Crippen LogP contribution in [0.1, 0.15) is 145 Å². The van der Waals surface area contributed by atoms with Crippen molar-refractivity contribution >= 4 is 11.8 Å². The highest BCUT2D eigenvalue weighted by molar-refractivity contribution is 5.72. The van der Waals surface area contributed by atoms with Crippen LogP contribution in [0.15, 0.2) is 65.9 Å². The van der Waals surface area contributed by atoms with E-state index in [0.717, 1.165) is 25.1 Å². The summed E-state index contributed by atoms with van der Waals surface area (Å²) in [4.78, 5) is 0. The van der Waals surface area contributed by atoms with Gasteiger partial charge in [0.25, 0.3) is 0 Å². The number of aryl methyl sites for hydroxylation is 3. The molecule has 3 aromatic carbocycles. The molecule has 0 aliphatic carbocycles. The van der Waals surface area contributed by atoms with Gasteiger partial charge in [-0.2, -0.15) is 0 Å². The molecular formula is C43H63N2+. The largest absolute Gasteiger partial charge is 0.196 e. The van der Waals surface area contributed by atoms with Gasteiger partial charge >= 0.3 is 0 Å². The van der Waals surface area contributed by atoms with E-state index in [-0.39, 0.29) is 0 Å². The molecule has 0 unspecified atom stereocenters. The van der Waals surface area contributed by atoms with Gasteiger partial charge < -0.3 is 0 Å². The highest BCUT2D eigenvalue weighted by atomic mass is 15.2. The summed E-state index contributed by atoms with van der Waals surface area (Å²) in [5.74, 6) is 0. The van der Waals surface area contributed by atoms with Gasteiger partial charge in [0.15, 0.2) is 12.7 Å². The summed E-state index contributed by atoms with van der Waals surface area (Å²) in [6.45, 7) is 14.5. The second-order valence-electron chi connectivity index (χ2n) is 13.0. The van der Waals surface area contributed by atoms with Crippen molar-refractivity contribution in [1.82, 2.24) is 0 Å². The van der Waals surface area contributed by atoms with E-state index in [1.165, 1.54) is 123 Å². The Bertz CT molecular complexity index is 1330. The van der Waals surface area contributed by atoms with Crippen LogP contribution in [-0.2, 0) is 25.7 Å². The molecule has 0 radical (unpaired) electrons. The average Bonchev–Trinajstić information content (AvgIpc) is 3.06. The third-order valence-corrected chi connectivity index (χ3v) is 9.17. The summed E-state index contributed by atoms with van der Waals surface area (Å²) in [7, 11) is 0. The van der Waals surface area contributed by atoms with Crippen LogP contribution < -0.4 is 0 Å². The molecule has 0 bridgehead atoms. The van der Waals surface area contributed by atoms with E-state index in [2.05, 4.69) is 113 Å². The predicted molar refractivity (Wildman–Crippen MR) is 198 cm³/mol. The van der Waals surface area contributed by atoms with Gasteiger partial charge in [-0.15, -0.1) is 0 Å². The summed E-state index contributed by atoms with van der Waals surface area (Å²) in [5.41, 5.74) is 12.6. The standard InChI is InChI=1S/C43H63N2/c1-7-12-16-17-18-20-26-39-34-40(31-35(6)41(39)27-14-9-3)44-45(11-5)30-29-36-32-38(23-13-8-2)42(28-15-10-4)43(33-36)37-24-21-19-22-25-37/h19,21-22,24-25,29-34H,7-18,20,23,26-28H2,1-6H3/q+1. The minimum absolute atomic E-state index is 0.836. The zero-order valence-electron chi connectivity index (χ0n) is 29.8. The van der Waals surface area contributed by atoms with Crippen molar-refractivity contribution in [2.75, 3.05) is 6.54 Å². The second-order valence-corrected chi connectivity index (χ2v) is 13.0. The lowest BCUT2D eigenvalue weighted by Gasteiger charge is -2.17. The number of azo groups is 2. The van der Waals surface area contributed by atoms with Crippen molar-refractivity contribution in [2.24, 2.45) is 5.11 Å². The van der Waals surface area contributed by atoms with E-state index in [1.807, 2.05) is 0 Å². The molecule has 3 rings (SSSR count). The highest BCUT2D eigenvalue weighted by Gasteiger charge is 2.14. The van der Waals surface area contributed by atoms with Gasteiger partial charge in [-0.05, 0) is 133 Å². The number of benzene rings is 3. The Balaban J connectivity index is 1.94. The Labute approximate surface area is 277 Å². The normalized spacial score (nSPS) is 12.0. The summed E-state index contributed by atoms with van der Waals surface area (Å²) >= 11 is 0. The second kappa shape index (κ2) is 20.9. The molecule has 0 spiro atoms. The van der Waals surface area contributed by atoms with E-state index in [9.17, 15) is 0 Å². The summed E-state index contributed by atoms with van der Waals surface area (Å²) < 4.78 is 2.12. The molecule has 244 valence electrons. The molecule has 2 nitrogen and oxygen atoms in total. The Kier molecular flexibility index (Phi) is 17.0. The number of rotatable bonds is 21. The highest BCUT2D eigenvalue weighted by Crippen LogP contribution is 2.32. The lowest BCUT2D eigenvalue weighted by Crippen LogP contribution is -2.02. The molecule has 0 N–H and O–H groups in total. The SMILES string of the molecule is CCCCCCCCc1cc(N=[N+](C=Cc2cc(CCCC)c(CCCC)c(-c3ccccc3)c2)CC)cc(C)c1CCCC. The van der Waals surface area contributed by atoms with Crippen LogP contribution in [0.2, 0.25) is 0 Å². The quantitative estimate of drug-likeness (QED) is 0.0650. The fraction of sp³-hybridized carbons (Fsp3) is 0.535. The van der Waals surface area contributed by atoms with E-state index in [1.54, 1.807) is 11.1 Å². The van der Waals surface area contributed by atoms with Crippen LogP contribution in [0.5, 0.6) is 0 Å². The molecule has 3 aromatic rings. The molecule has 0 amide bonds. The Morgan fingerprint density at radius 3 is 1.89 bits per heavy atom. The first-order valence-electron chi connectivity index (χ1n) is 18.5. The van der Waals surface area contributed by atoms with Gasteiger partial charge in [-0.1, -0.05) is 120 Å². The monoisotopic (exact) mass is 607 g/mol. The van der Waals surface area contributed by atoms with Crippen molar-refractivity contribution in [3.05, 3.63) is 94.2 Å². The van der Waals surface area contributed by atoms with Gasteiger partial charge in [0.2, 0.25) is 0 Å². The summed E-state index contributed by atoms with van der Waals surface area (Å²) in [6.07, 6.45) is 24.5. The molecule has 0 saturated carbocycles. The molecule has 0 atom stereocenters. The topological polar surface area (TPSA) is 15.4 Å². The Morgan fingerprint density at radius 1 is 0.600 bits per heavy atom. The van der Waals surface area contributed by atoms with Crippen LogP contribution in [0.3, 0.4) is 0 Å². The summed E-state index contributed by atoms with van der Waals surface area (Å²) in [6, 6.07) is 20.5. The smallest absolute Gasteiger partial charge is 0.0910 e. The number of hydrogen-bond donors (Lipinski definition) is 0. The van der Waals surface area contributed by atoms with Gasteiger partial charge in [-0.3, -0.25) is 0 Å². The molecule has 0 aromatic heterocycles. The zero-order valence-corrected chi connectivity index (χ0v) is 29.8. The molecule has 0 fully saturated rings. The molecule has 0 aliphatic heterocycles. The fourth-order valence-electron chi connectivity index (χ4n) is 6.45. The molecule has 45 heavy (non-hydrogen) atoms. The fourth-order valence-corrected chi connectivity index (χ4v) is 6.45. The van der Waals surface area contributed by atoms with Gasteiger partial charge in [0, 0.05) is 6.08 Å². The first-order valence-corrected chi connectivity index (χ1v) is 18.5. The molecule has 0 aliphatic rings. The van der Waals surface area contributed by atoms with Crippen LogP contribution in [-0.4, -0.2) is 11.2 Å². The van der Waals surface area contributed by atoms with Gasteiger partial charge in [0.1, 0.15) is 5.69 Å². The third kappa shape index (κ3) is 12.0. The van der Waals surface area contributed by atoms with E-state index in [0.29, 0.717) is 0 Å². The Hall–Kier alpha value is -3.00. The van der Waals surface area contributed by atoms with Crippen molar-refractivity contribution in [3.8, 4) is 11.1 Å². The van der Waals surface area contributed by atoms with Gasteiger partial charge in [0.05, 0.1) is 0 Å². The van der Waals surface area contributed by atoms with Crippen LogP contribution in [0.4, 0.5) is 5.69 Å². The lowest BCUT2D eigenvalue weighted by molar-refractivity contribution is -0.519. The van der Waals surface area contributed by atoms with Crippen molar-refractivity contribution in [2.45, 2.75) is 144 Å². The number of unbranched alkanes of at least 4 members (excludes halogenated alkanes) is 8. The first-order chi connectivity index (χ1) is 22.0. The molecule has 0 saturated heterocycles. The first kappa shape index (κ1) is 36.5. The number of hydrogen-bond acceptors (Lipinski definition) is 1. The van der Waals surface area contributed by atoms with Crippen molar-refractivity contribution in [3.63, 3.8) is 0 Å². The third-order valence-electron chi connectivity index (χ3n) is 9.17. The van der Waals surface area contributed by atoms with E-state index >= 15 is 0 Å². The van der Waals surface area contributed by atoms with Crippen LogP contribution in [0, 0.1) is 6.92 Å². The van der Waals surface area contributed by atoms with E-state index < -0.39 is 0 Å². The minimum Gasteiger partial charge on any atom is -0.0910 e. The molecular weight excluding hydrogens is 544 g/mol. The summed E-state index contributed by atoms with van der Waals surface area (Å²) in [5, 5.41) is 5.16. The minimum atomic E-state index is 0.836. The van der Waals surface area contributed by atoms with Crippen LogP contribution in [0.25, 0.3) is 17.2 Å². The van der Waals surface area contributed by atoms with Crippen molar-refractivity contribution in [1.29, 1.82) is 0 Å². The van der Waals surface area contributed by atoms with Gasteiger partial charge in [-0.25, -0.2) is 0 Å². The Morgan fingerprint density at radius 2 is 1.20 bits per heavy atom. The maximum absolute atomic E-state index is 5.16. The van der Waals surface area contributed by atoms with Crippen molar-refractivity contribution < 1.29 is 4.70 Å². The predicted octanol–water partition coefficient (Wildman–Crippen LogP) is 13.4. The molecule has 2 heteroatoms. The molecule has 0 heterocycles. The zero-order chi connectivity index (χ0) is 32.3. The number of nitrogens with zero attached hydrogens (tertiary/aromatic N) is 2.